The van der Waals surface area contributed by atoms with E-state index in [1.54, 1.807) is 47.0 Å². The number of aromatic nitrogens is 1. The number of carbonyl (C=O) groups is 1. The van der Waals surface area contributed by atoms with Crippen molar-refractivity contribution in [3.05, 3.63) is 46.7 Å². The summed E-state index contributed by atoms with van der Waals surface area (Å²) < 4.78 is 1.70. The number of aryl methyl sites for hydroxylation is 2. The van der Waals surface area contributed by atoms with E-state index in [2.05, 4.69) is 0 Å². The molecule has 0 spiro atoms. The molecule has 0 fully saturated rings. The Hall–Kier alpha value is -1.94. The SMILES string of the molecule is CCN(C(=O)c1cc(Cl)cn1C)c1cc(O)ccc1C. The number of amides is 1. The van der Waals surface area contributed by atoms with Gasteiger partial charge in [-0.1, -0.05) is 17.7 Å². The first-order valence-corrected chi connectivity index (χ1v) is 6.75. The van der Waals surface area contributed by atoms with E-state index in [9.17, 15) is 9.90 Å². The zero-order valence-corrected chi connectivity index (χ0v) is 12.5. The molecule has 0 atom stereocenters. The number of carbonyl (C=O) groups excluding carboxylic acids is 1. The summed E-state index contributed by atoms with van der Waals surface area (Å²) >= 11 is 5.93. The van der Waals surface area contributed by atoms with Gasteiger partial charge in [0.1, 0.15) is 11.4 Å². The summed E-state index contributed by atoms with van der Waals surface area (Å²) in [5.74, 6) is -0.00244. The van der Waals surface area contributed by atoms with E-state index in [0.29, 0.717) is 22.9 Å². The van der Waals surface area contributed by atoms with Crippen LogP contribution in [0.1, 0.15) is 23.0 Å². The molecule has 0 saturated carbocycles. The minimum absolute atomic E-state index is 0.141. The van der Waals surface area contributed by atoms with Crippen LogP contribution < -0.4 is 4.90 Å². The number of benzene rings is 1. The topological polar surface area (TPSA) is 45.5 Å². The number of anilines is 1. The largest absolute Gasteiger partial charge is 0.508 e. The molecule has 1 aromatic heterocycles. The second-order valence-corrected chi connectivity index (χ2v) is 5.11. The van der Waals surface area contributed by atoms with Crippen LogP contribution in [0, 0.1) is 6.92 Å². The summed E-state index contributed by atoms with van der Waals surface area (Å²) in [4.78, 5) is 14.3. The summed E-state index contributed by atoms with van der Waals surface area (Å²) in [6.07, 6.45) is 1.69. The molecule has 20 heavy (non-hydrogen) atoms. The number of hydrogen-bond acceptors (Lipinski definition) is 2. The van der Waals surface area contributed by atoms with Crippen LogP contribution in [0.5, 0.6) is 5.75 Å². The number of aromatic hydroxyl groups is 1. The maximum Gasteiger partial charge on any atom is 0.274 e. The van der Waals surface area contributed by atoms with Gasteiger partial charge in [-0.05, 0) is 31.5 Å². The first-order chi connectivity index (χ1) is 9.43. The molecule has 0 bridgehead atoms. The number of hydrogen-bond donors (Lipinski definition) is 1. The third kappa shape index (κ3) is 2.65. The Balaban J connectivity index is 2.44. The summed E-state index contributed by atoms with van der Waals surface area (Å²) in [5, 5.41) is 10.2. The first kappa shape index (κ1) is 14.5. The van der Waals surface area contributed by atoms with Gasteiger partial charge in [-0.2, -0.15) is 0 Å². The van der Waals surface area contributed by atoms with E-state index in [4.69, 9.17) is 11.6 Å². The van der Waals surface area contributed by atoms with E-state index in [-0.39, 0.29) is 11.7 Å². The summed E-state index contributed by atoms with van der Waals surface area (Å²) in [5.41, 5.74) is 2.15. The van der Waals surface area contributed by atoms with Gasteiger partial charge in [0.2, 0.25) is 0 Å². The van der Waals surface area contributed by atoms with Crippen molar-refractivity contribution >= 4 is 23.2 Å². The number of phenols is 1. The summed E-state index contributed by atoms with van der Waals surface area (Å²) in [7, 11) is 1.78. The average Bonchev–Trinajstić information content (AvgIpc) is 2.73. The molecule has 0 unspecified atom stereocenters. The van der Waals surface area contributed by atoms with E-state index >= 15 is 0 Å². The van der Waals surface area contributed by atoms with E-state index in [1.165, 1.54) is 0 Å². The van der Waals surface area contributed by atoms with Crippen molar-refractivity contribution < 1.29 is 9.90 Å². The van der Waals surface area contributed by atoms with E-state index < -0.39 is 0 Å². The van der Waals surface area contributed by atoms with Crippen LogP contribution >= 0.6 is 11.6 Å². The molecule has 106 valence electrons. The van der Waals surface area contributed by atoms with Gasteiger partial charge in [0, 0.05) is 25.9 Å². The molecule has 0 aliphatic rings. The summed E-state index contributed by atoms with van der Waals surface area (Å²) in [6, 6.07) is 6.64. The van der Waals surface area contributed by atoms with Gasteiger partial charge >= 0.3 is 0 Å². The fourth-order valence-corrected chi connectivity index (χ4v) is 2.44. The molecule has 0 aliphatic heterocycles. The average molecular weight is 293 g/mol. The van der Waals surface area contributed by atoms with Crippen molar-refractivity contribution in [3.63, 3.8) is 0 Å². The number of nitrogens with zero attached hydrogens (tertiary/aromatic N) is 2. The third-order valence-corrected chi connectivity index (χ3v) is 3.44. The molecule has 1 aromatic carbocycles. The zero-order valence-electron chi connectivity index (χ0n) is 11.7. The van der Waals surface area contributed by atoms with Gasteiger partial charge < -0.3 is 14.6 Å². The van der Waals surface area contributed by atoms with Gasteiger partial charge in [-0.15, -0.1) is 0 Å². The minimum Gasteiger partial charge on any atom is -0.508 e. The Kier molecular flexibility index (Phi) is 4.04. The van der Waals surface area contributed by atoms with E-state index in [0.717, 1.165) is 5.56 Å². The van der Waals surface area contributed by atoms with Gasteiger partial charge in [0.15, 0.2) is 0 Å². The molecule has 1 amide bonds. The van der Waals surface area contributed by atoms with Crippen molar-refractivity contribution in [1.29, 1.82) is 0 Å². The van der Waals surface area contributed by atoms with Crippen molar-refractivity contribution in [2.45, 2.75) is 13.8 Å². The first-order valence-electron chi connectivity index (χ1n) is 6.37. The maximum absolute atomic E-state index is 12.6. The monoisotopic (exact) mass is 292 g/mol. The Morgan fingerprint density at radius 3 is 2.65 bits per heavy atom. The highest BCUT2D eigenvalue weighted by molar-refractivity contribution is 6.31. The highest BCUT2D eigenvalue weighted by Crippen LogP contribution is 2.27. The quantitative estimate of drug-likeness (QED) is 0.943. The molecular weight excluding hydrogens is 276 g/mol. The molecule has 0 radical (unpaired) electrons. The summed E-state index contributed by atoms with van der Waals surface area (Å²) in [6.45, 7) is 4.31. The Morgan fingerprint density at radius 1 is 1.40 bits per heavy atom. The highest BCUT2D eigenvalue weighted by Gasteiger charge is 2.21. The number of halogens is 1. The fourth-order valence-electron chi connectivity index (χ4n) is 2.19. The van der Waals surface area contributed by atoms with Crippen LogP contribution in [0.4, 0.5) is 5.69 Å². The lowest BCUT2D eigenvalue weighted by Crippen LogP contribution is -2.32. The van der Waals surface area contributed by atoms with Crippen LogP contribution in [-0.2, 0) is 7.05 Å². The van der Waals surface area contributed by atoms with Crippen molar-refractivity contribution in [3.8, 4) is 5.75 Å². The molecule has 4 nitrogen and oxygen atoms in total. The molecule has 5 heteroatoms. The minimum atomic E-state index is -0.143. The molecule has 2 rings (SSSR count). The van der Waals surface area contributed by atoms with Crippen molar-refractivity contribution in [2.75, 3.05) is 11.4 Å². The van der Waals surface area contributed by atoms with E-state index in [1.807, 2.05) is 13.8 Å². The Labute approximate surface area is 123 Å². The van der Waals surface area contributed by atoms with Crippen molar-refractivity contribution in [1.82, 2.24) is 4.57 Å². The molecule has 0 saturated heterocycles. The third-order valence-electron chi connectivity index (χ3n) is 3.24. The van der Waals surface area contributed by atoms with Gasteiger partial charge in [0.25, 0.3) is 5.91 Å². The van der Waals surface area contributed by atoms with Gasteiger partial charge in [-0.3, -0.25) is 4.79 Å². The molecule has 2 aromatic rings. The molecule has 0 aliphatic carbocycles. The zero-order chi connectivity index (χ0) is 14.9. The highest BCUT2D eigenvalue weighted by atomic mass is 35.5. The lowest BCUT2D eigenvalue weighted by Gasteiger charge is -2.23. The van der Waals surface area contributed by atoms with Crippen LogP contribution in [-0.4, -0.2) is 22.1 Å². The Bertz CT molecular complexity index is 649. The lowest BCUT2D eigenvalue weighted by molar-refractivity contribution is 0.0980. The molecule has 1 heterocycles. The molecular formula is C15H17ClN2O2. The predicted molar refractivity (Wildman–Crippen MR) is 80.6 cm³/mol. The Morgan fingerprint density at radius 2 is 2.10 bits per heavy atom. The van der Waals surface area contributed by atoms with Gasteiger partial charge in [0.05, 0.1) is 10.7 Å². The number of phenolic OH excluding ortho intramolecular Hbond substituents is 1. The standard InChI is InChI=1S/C15H17ClN2O2/c1-4-18(13-8-12(19)6-5-10(13)2)15(20)14-7-11(16)9-17(14)3/h5-9,19H,4H2,1-3H3. The predicted octanol–water partition coefficient (Wildman–Crippen LogP) is 3.36. The maximum atomic E-state index is 12.6. The lowest BCUT2D eigenvalue weighted by atomic mass is 10.1. The van der Waals surface area contributed by atoms with Crippen LogP contribution in [0.3, 0.4) is 0 Å². The second-order valence-electron chi connectivity index (χ2n) is 4.67. The molecule has 1 N–H and O–H groups in total. The van der Waals surface area contributed by atoms with Crippen LogP contribution in [0.25, 0.3) is 0 Å². The van der Waals surface area contributed by atoms with Crippen LogP contribution in [0.15, 0.2) is 30.5 Å². The van der Waals surface area contributed by atoms with Crippen molar-refractivity contribution in [2.24, 2.45) is 7.05 Å². The second kappa shape index (κ2) is 5.59. The normalized spacial score (nSPS) is 10.6. The number of rotatable bonds is 3. The van der Waals surface area contributed by atoms with Gasteiger partial charge in [-0.25, -0.2) is 0 Å². The fraction of sp³-hybridized carbons (Fsp3) is 0.267. The smallest absolute Gasteiger partial charge is 0.274 e. The van der Waals surface area contributed by atoms with Crippen LogP contribution in [0.2, 0.25) is 5.02 Å².